The second-order valence-corrected chi connectivity index (χ2v) is 5.65. The molecule has 27 heavy (non-hydrogen) atoms. The van der Waals surface area contributed by atoms with Crippen molar-refractivity contribution in [2.24, 2.45) is 0 Å². The fourth-order valence-electron chi connectivity index (χ4n) is 2.48. The van der Waals surface area contributed by atoms with Gasteiger partial charge in [0.2, 0.25) is 6.79 Å². The topological polar surface area (TPSA) is 117 Å². The van der Waals surface area contributed by atoms with Crippen LogP contribution in [-0.2, 0) is 16.0 Å². The van der Waals surface area contributed by atoms with E-state index < -0.39 is 29.1 Å². The van der Waals surface area contributed by atoms with E-state index in [1.165, 1.54) is 6.07 Å². The van der Waals surface area contributed by atoms with Crippen molar-refractivity contribution in [1.29, 1.82) is 0 Å². The maximum Gasteiger partial charge on any atom is 0.345 e. The highest BCUT2D eigenvalue weighted by Gasteiger charge is 2.28. The largest absolute Gasteiger partial charge is 0.454 e. The molecule has 0 fully saturated rings. The first-order chi connectivity index (χ1) is 13.0. The number of carbonyl (C=O) groups is 2. The Balaban J connectivity index is 1.65. The Morgan fingerprint density at radius 2 is 1.85 bits per heavy atom. The highest BCUT2D eigenvalue weighted by Crippen LogP contribution is 2.38. The smallest absolute Gasteiger partial charge is 0.345 e. The molecule has 2 aromatic carbocycles. The summed E-state index contributed by atoms with van der Waals surface area (Å²) in [5.41, 5.74) is 0.876. The number of aryl methyl sites for hydroxylation is 1. The summed E-state index contributed by atoms with van der Waals surface area (Å²) in [6.07, 6.45) is 0.875. The van der Waals surface area contributed by atoms with Gasteiger partial charge in [-0.2, -0.15) is 0 Å². The van der Waals surface area contributed by atoms with Crippen LogP contribution in [0.2, 0.25) is 0 Å². The summed E-state index contributed by atoms with van der Waals surface area (Å²) in [5.74, 6) is -1.19. The van der Waals surface area contributed by atoms with Gasteiger partial charge in [-0.05, 0) is 24.1 Å². The first-order valence-corrected chi connectivity index (χ1v) is 8.12. The standard InChI is InChI=1S/C18H16N2O7/c1-2-11-3-5-12(6-4-11)19-17(21)9-25-18(22)13-7-15-16(27-10-26-15)8-14(13)20(23)24/h3-8H,2,9-10H2,1H3,(H,19,21). The molecule has 3 rings (SSSR count). The van der Waals surface area contributed by atoms with Gasteiger partial charge in [-0.3, -0.25) is 14.9 Å². The van der Waals surface area contributed by atoms with Crippen LogP contribution < -0.4 is 14.8 Å². The minimum atomic E-state index is -1.00. The molecule has 0 radical (unpaired) electrons. The number of ether oxygens (including phenoxy) is 3. The van der Waals surface area contributed by atoms with Crippen molar-refractivity contribution in [2.45, 2.75) is 13.3 Å². The van der Waals surface area contributed by atoms with Crippen molar-refractivity contribution in [3.8, 4) is 11.5 Å². The number of benzene rings is 2. The highest BCUT2D eigenvalue weighted by atomic mass is 16.7. The van der Waals surface area contributed by atoms with E-state index >= 15 is 0 Å². The van der Waals surface area contributed by atoms with Crippen LogP contribution >= 0.6 is 0 Å². The minimum absolute atomic E-state index is 0.0930. The number of carbonyl (C=O) groups excluding carboxylic acids is 2. The predicted octanol–water partition coefficient (Wildman–Crippen LogP) is 2.68. The Morgan fingerprint density at radius 3 is 2.48 bits per heavy atom. The first-order valence-electron chi connectivity index (χ1n) is 8.12. The SMILES string of the molecule is CCc1ccc(NC(=O)COC(=O)c2cc3c(cc2[N+](=O)[O-])OCO3)cc1. The average molecular weight is 372 g/mol. The molecule has 0 spiro atoms. The Morgan fingerprint density at radius 1 is 1.19 bits per heavy atom. The molecule has 0 aromatic heterocycles. The lowest BCUT2D eigenvalue weighted by Crippen LogP contribution is -2.21. The van der Waals surface area contributed by atoms with Gasteiger partial charge in [-0.1, -0.05) is 19.1 Å². The van der Waals surface area contributed by atoms with E-state index in [9.17, 15) is 19.7 Å². The average Bonchev–Trinajstić information content (AvgIpc) is 3.13. The number of anilines is 1. The summed E-state index contributed by atoms with van der Waals surface area (Å²) in [7, 11) is 0. The van der Waals surface area contributed by atoms with E-state index in [4.69, 9.17) is 14.2 Å². The quantitative estimate of drug-likeness (QED) is 0.470. The zero-order valence-electron chi connectivity index (χ0n) is 14.4. The Bertz CT molecular complexity index is 893. The molecule has 1 N–H and O–H groups in total. The van der Waals surface area contributed by atoms with Crippen LogP contribution in [0.3, 0.4) is 0 Å². The molecule has 1 heterocycles. The highest BCUT2D eigenvalue weighted by molar-refractivity contribution is 5.98. The lowest BCUT2D eigenvalue weighted by molar-refractivity contribution is -0.385. The van der Waals surface area contributed by atoms with E-state index in [1.807, 2.05) is 19.1 Å². The number of hydrogen-bond donors (Lipinski definition) is 1. The third kappa shape index (κ3) is 4.14. The van der Waals surface area contributed by atoms with Crippen molar-refractivity contribution >= 4 is 23.3 Å². The number of nitrogens with zero attached hydrogens (tertiary/aromatic N) is 1. The summed E-state index contributed by atoms with van der Waals surface area (Å²) in [6.45, 7) is 1.34. The molecule has 0 unspecified atom stereocenters. The van der Waals surface area contributed by atoms with Crippen molar-refractivity contribution in [2.75, 3.05) is 18.7 Å². The number of nitro groups is 1. The summed E-state index contributed by atoms with van der Waals surface area (Å²) in [4.78, 5) is 34.6. The maximum atomic E-state index is 12.2. The number of rotatable bonds is 6. The first kappa shape index (κ1) is 18.2. The zero-order chi connectivity index (χ0) is 19.4. The molecular formula is C18H16N2O7. The van der Waals surface area contributed by atoms with Gasteiger partial charge < -0.3 is 19.5 Å². The molecular weight excluding hydrogens is 356 g/mol. The number of hydrogen-bond acceptors (Lipinski definition) is 7. The number of amides is 1. The second kappa shape index (κ2) is 7.73. The Kier molecular flexibility index (Phi) is 5.20. The molecule has 2 aromatic rings. The van der Waals surface area contributed by atoms with E-state index in [0.717, 1.165) is 18.1 Å². The molecule has 1 amide bonds. The third-order valence-electron chi connectivity index (χ3n) is 3.89. The molecule has 0 aliphatic carbocycles. The van der Waals surface area contributed by atoms with Gasteiger partial charge >= 0.3 is 5.97 Å². The number of nitrogens with one attached hydrogen (secondary N) is 1. The summed E-state index contributed by atoms with van der Waals surface area (Å²) < 4.78 is 15.1. The van der Waals surface area contributed by atoms with Gasteiger partial charge in [-0.25, -0.2) is 4.79 Å². The van der Waals surface area contributed by atoms with Gasteiger partial charge in [0.15, 0.2) is 18.1 Å². The fourth-order valence-corrected chi connectivity index (χ4v) is 2.48. The predicted molar refractivity (Wildman–Crippen MR) is 94.0 cm³/mol. The number of esters is 1. The van der Waals surface area contributed by atoms with Gasteiger partial charge in [0.25, 0.3) is 11.6 Å². The van der Waals surface area contributed by atoms with E-state index in [-0.39, 0.29) is 23.9 Å². The molecule has 9 nitrogen and oxygen atoms in total. The van der Waals surface area contributed by atoms with Crippen LogP contribution in [0.1, 0.15) is 22.8 Å². The van der Waals surface area contributed by atoms with Crippen LogP contribution in [0.25, 0.3) is 0 Å². The van der Waals surface area contributed by atoms with Gasteiger partial charge in [0, 0.05) is 11.8 Å². The van der Waals surface area contributed by atoms with E-state index in [2.05, 4.69) is 5.32 Å². The Hall–Kier alpha value is -3.62. The van der Waals surface area contributed by atoms with Crippen molar-refractivity contribution in [1.82, 2.24) is 0 Å². The van der Waals surface area contributed by atoms with Crippen LogP contribution in [0.5, 0.6) is 11.5 Å². The molecule has 1 aliphatic rings. The van der Waals surface area contributed by atoms with Gasteiger partial charge in [0.1, 0.15) is 5.56 Å². The second-order valence-electron chi connectivity index (χ2n) is 5.65. The molecule has 0 saturated carbocycles. The third-order valence-corrected chi connectivity index (χ3v) is 3.89. The van der Waals surface area contributed by atoms with Crippen LogP contribution in [0, 0.1) is 10.1 Å². The lowest BCUT2D eigenvalue weighted by Gasteiger charge is -2.08. The molecule has 0 bridgehead atoms. The molecule has 0 atom stereocenters. The fraction of sp³-hybridized carbons (Fsp3) is 0.222. The Labute approximate surface area is 154 Å². The zero-order valence-corrected chi connectivity index (χ0v) is 14.4. The molecule has 140 valence electrons. The van der Waals surface area contributed by atoms with Gasteiger partial charge in [-0.15, -0.1) is 0 Å². The van der Waals surface area contributed by atoms with Crippen LogP contribution in [0.4, 0.5) is 11.4 Å². The summed E-state index contributed by atoms with van der Waals surface area (Å²) in [6, 6.07) is 9.48. The normalized spacial score (nSPS) is 11.7. The summed E-state index contributed by atoms with van der Waals surface area (Å²) >= 11 is 0. The lowest BCUT2D eigenvalue weighted by atomic mass is 10.1. The van der Waals surface area contributed by atoms with Crippen LogP contribution in [0.15, 0.2) is 36.4 Å². The van der Waals surface area contributed by atoms with Gasteiger partial charge in [0.05, 0.1) is 11.0 Å². The number of nitro benzene ring substituents is 1. The van der Waals surface area contributed by atoms with E-state index in [0.29, 0.717) is 5.69 Å². The monoisotopic (exact) mass is 372 g/mol. The minimum Gasteiger partial charge on any atom is -0.454 e. The van der Waals surface area contributed by atoms with Crippen molar-refractivity contribution in [3.63, 3.8) is 0 Å². The van der Waals surface area contributed by atoms with Crippen molar-refractivity contribution < 1.29 is 28.7 Å². The molecule has 0 saturated heterocycles. The van der Waals surface area contributed by atoms with E-state index in [1.54, 1.807) is 12.1 Å². The molecule has 9 heteroatoms. The maximum absolute atomic E-state index is 12.2. The molecule has 1 aliphatic heterocycles. The van der Waals surface area contributed by atoms with Crippen molar-refractivity contribution in [3.05, 3.63) is 57.6 Å². The summed E-state index contributed by atoms with van der Waals surface area (Å²) in [5, 5.41) is 13.8. The van der Waals surface area contributed by atoms with Crippen LogP contribution in [-0.4, -0.2) is 30.2 Å². The number of fused-ring (bicyclic) bond motifs is 1.